The van der Waals surface area contributed by atoms with E-state index in [4.69, 9.17) is 4.74 Å². The lowest BCUT2D eigenvalue weighted by atomic mass is 10.2. The van der Waals surface area contributed by atoms with Crippen LogP contribution in [0.2, 0.25) is 0 Å². The van der Waals surface area contributed by atoms with Crippen LogP contribution in [-0.4, -0.2) is 59.9 Å². The molecule has 1 N–H and O–H groups in total. The van der Waals surface area contributed by atoms with E-state index in [1.807, 2.05) is 13.4 Å². The van der Waals surface area contributed by atoms with Gasteiger partial charge in [-0.05, 0) is 20.9 Å². The molecule has 0 aromatic carbocycles. The first-order valence-corrected chi connectivity index (χ1v) is 7.20. The summed E-state index contributed by atoms with van der Waals surface area (Å²) in [5.41, 5.74) is 1.14. The van der Waals surface area contributed by atoms with Gasteiger partial charge < -0.3 is 14.6 Å². The molecule has 0 bridgehead atoms. The van der Waals surface area contributed by atoms with Crippen molar-refractivity contribution < 1.29 is 4.74 Å². The van der Waals surface area contributed by atoms with Crippen molar-refractivity contribution in [3.63, 3.8) is 0 Å². The van der Waals surface area contributed by atoms with E-state index in [2.05, 4.69) is 39.8 Å². The third-order valence-electron chi connectivity index (χ3n) is 3.63. The summed E-state index contributed by atoms with van der Waals surface area (Å²) in [6.07, 6.45) is 5.31. The monoisotopic (exact) mass is 266 g/mol. The Balaban J connectivity index is 1.84. The topological polar surface area (TPSA) is 42.3 Å². The van der Waals surface area contributed by atoms with Gasteiger partial charge in [-0.15, -0.1) is 0 Å². The number of likely N-dealkylation sites (N-methyl/N-ethyl adjacent to an activating group) is 1. The Hall–Kier alpha value is -0.910. The second-order valence-electron chi connectivity index (χ2n) is 5.50. The molecule has 1 aromatic rings. The van der Waals surface area contributed by atoms with Gasteiger partial charge in [0.1, 0.15) is 0 Å². The van der Waals surface area contributed by atoms with Crippen LogP contribution in [0.5, 0.6) is 0 Å². The maximum atomic E-state index is 5.85. The standard InChI is InChI=1S/C14H26N4O/c1-12(2)18-6-7-19-14(10-18)9-17-8-13(16-11-17)4-5-15-3/h8,11-12,14-15H,4-7,9-10H2,1-3H3. The van der Waals surface area contributed by atoms with E-state index >= 15 is 0 Å². The maximum Gasteiger partial charge on any atom is 0.0950 e. The van der Waals surface area contributed by atoms with Crippen molar-refractivity contribution in [3.05, 3.63) is 18.2 Å². The average molecular weight is 266 g/mol. The van der Waals surface area contributed by atoms with Crippen molar-refractivity contribution in [2.75, 3.05) is 33.3 Å². The Morgan fingerprint density at radius 2 is 2.37 bits per heavy atom. The van der Waals surface area contributed by atoms with E-state index < -0.39 is 0 Å². The molecule has 19 heavy (non-hydrogen) atoms. The molecule has 0 radical (unpaired) electrons. The van der Waals surface area contributed by atoms with Gasteiger partial charge in [-0.25, -0.2) is 4.98 Å². The molecule has 1 unspecified atom stereocenters. The number of rotatable bonds is 6. The highest BCUT2D eigenvalue weighted by Gasteiger charge is 2.22. The first-order chi connectivity index (χ1) is 9.19. The van der Waals surface area contributed by atoms with E-state index in [0.29, 0.717) is 6.04 Å². The SMILES string of the molecule is CNCCc1cn(CC2CN(C(C)C)CCO2)cn1. The number of morpholine rings is 1. The summed E-state index contributed by atoms with van der Waals surface area (Å²) in [7, 11) is 1.97. The number of imidazole rings is 1. The van der Waals surface area contributed by atoms with Crippen molar-refractivity contribution in [2.45, 2.75) is 39.0 Å². The smallest absolute Gasteiger partial charge is 0.0950 e. The number of ether oxygens (including phenoxy) is 1. The van der Waals surface area contributed by atoms with Crippen LogP contribution in [0.15, 0.2) is 12.5 Å². The predicted octanol–water partition coefficient (Wildman–Crippen LogP) is 0.754. The van der Waals surface area contributed by atoms with Gasteiger partial charge in [-0.2, -0.15) is 0 Å². The molecule has 1 fully saturated rings. The van der Waals surface area contributed by atoms with Gasteiger partial charge >= 0.3 is 0 Å². The average Bonchev–Trinajstić information content (AvgIpc) is 2.84. The molecular formula is C14H26N4O. The van der Waals surface area contributed by atoms with E-state index in [9.17, 15) is 0 Å². The molecule has 0 spiro atoms. The summed E-state index contributed by atoms with van der Waals surface area (Å²) in [6, 6.07) is 0.598. The van der Waals surface area contributed by atoms with E-state index in [1.165, 1.54) is 0 Å². The summed E-state index contributed by atoms with van der Waals surface area (Å²) < 4.78 is 8.00. The molecule has 1 saturated heterocycles. The summed E-state index contributed by atoms with van der Waals surface area (Å²) in [4.78, 5) is 6.91. The van der Waals surface area contributed by atoms with Gasteiger partial charge in [0.2, 0.25) is 0 Å². The van der Waals surface area contributed by atoms with Crippen LogP contribution in [0.4, 0.5) is 0 Å². The number of hydrogen-bond donors (Lipinski definition) is 1. The molecule has 1 aliphatic heterocycles. The first-order valence-electron chi connectivity index (χ1n) is 7.20. The zero-order chi connectivity index (χ0) is 13.7. The van der Waals surface area contributed by atoms with Crippen molar-refractivity contribution in [1.29, 1.82) is 0 Å². The van der Waals surface area contributed by atoms with Crippen molar-refractivity contribution in [1.82, 2.24) is 19.8 Å². The van der Waals surface area contributed by atoms with E-state index in [-0.39, 0.29) is 6.10 Å². The second kappa shape index (κ2) is 7.03. The predicted molar refractivity (Wildman–Crippen MR) is 76.3 cm³/mol. The van der Waals surface area contributed by atoms with Crippen molar-refractivity contribution in [3.8, 4) is 0 Å². The van der Waals surface area contributed by atoms with Crippen LogP contribution in [0.25, 0.3) is 0 Å². The molecule has 2 heterocycles. The Labute approximate surface area is 116 Å². The van der Waals surface area contributed by atoms with Gasteiger partial charge in [-0.1, -0.05) is 0 Å². The Morgan fingerprint density at radius 3 is 3.11 bits per heavy atom. The molecule has 1 atom stereocenters. The van der Waals surface area contributed by atoms with Crippen molar-refractivity contribution in [2.24, 2.45) is 0 Å². The fraction of sp³-hybridized carbons (Fsp3) is 0.786. The molecule has 5 nitrogen and oxygen atoms in total. The van der Waals surface area contributed by atoms with E-state index in [0.717, 1.165) is 44.9 Å². The minimum absolute atomic E-state index is 0.280. The number of nitrogens with one attached hydrogen (secondary N) is 1. The van der Waals surface area contributed by atoms with Gasteiger partial charge in [0, 0.05) is 38.3 Å². The number of nitrogens with zero attached hydrogens (tertiary/aromatic N) is 3. The fourth-order valence-corrected chi connectivity index (χ4v) is 2.45. The van der Waals surface area contributed by atoms with Gasteiger partial charge in [0.15, 0.2) is 0 Å². The number of aromatic nitrogens is 2. The molecule has 5 heteroatoms. The Bertz CT molecular complexity index is 377. The summed E-state index contributed by atoms with van der Waals surface area (Å²) >= 11 is 0. The first kappa shape index (κ1) is 14.5. The van der Waals surface area contributed by atoms with Gasteiger partial charge in [-0.3, -0.25) is 4.90 Å². The van der Waals surface area contributed by atoms with Gasteiger partial charge in [0.25, 0.3) is 0 Å². The van der Waals surface area contributed by atoms with Gasteiger partial charge in [0.05, 0.1) is 31.3 Å². The molecule has 2 rings (SSSR count). The maximum absolute atomic E-state index is 5.85. The van der Waals surface area contributed by atoms with Crippen LogP contribution in [0, 0.1) is 0 Å². The molecule has 0 saturated carbocycles. The minimum Gasteiger partial charge on any atom is -0.374 e. The fourth-order valence-electron chi connectivity index (χ4n) is 2.45. The Morgan fingerprint density at radius 1 is 1.53 bits per heavy atom. The normalized spacial score (nSPS) is 21.2. The quantitative estimate of drug-likeness (QED) is 0.825. The molecule has 1 aromatic heterocycles. The summed E-state index contributed by atoms with van der Waals surface area (Å²) in [6.45, 7) is 9.26. The molecule has 0 aliphatic carbocycles. The zero-order valence-corrected chi connectivity index (χ0v) is 12.3. The third kappa shape index (κ3) is 4.30. The molecule has 0 amide bonds. The van der Waals surface area contributed by atoms with E-state index in [1.54, 1.807) is 0 Å². The highest BCUT2D eigenvalue weighted by atomic mass is 16.5. The van der Waals surface area contributed by atoms with Crippen molar-refractivity contribution >= 4 is 0 Å². The van der Waals surface area contributed by atoms with Crippen LogP contribution in [0.1, 0.15) is 19.5 Å². The lowest BCUT2D eigenvalue weighted by Gasteiger charge is -2.35. The second-order valence-corrected chi connectivity index (χ2v) is 5.50. The van der Waals surface area contributed by atoms with Crippen LogP contribution in [0.3, 0.4) is 0 Å². The summed E-state index contributed by atoms with van der Waals surface area (Å²) in [5, 5.41) is 3.14. The number of hydrogen-bond acceptors (Lipinski definition) is 4. The third-order valence-corrected chi connectivity index (χ3v) is 3.63. The highest BCUT2D eigenvalue weighted by Crippen LogP contribution is 2.11. The minimum atomic E-state index is 0.280. The largest absolute Gasteiger partial charge is 0.374 e. The van der Waals surface area contributed by atoms with Crippen LogP contribution in [-0.2, 0) is 17.7 Å². The summed E-state index contributed by atoms with van der Waals surface area (Å²) in [5.74, 6) is 0. The zero-order valence-electron chi connectivity index (χ0n) is 12.3. The lowest BCUT2D eigenvalue weighted by Crippen LogP contribution is -2.47. The lowest BCUT2D eigenvalue weighted by molar-refractivity contribution is -0.0456. The molecule has 108 valence electrons. The highest BCUT2D eigenvalue weighted by molar-refractivity contribution is 4.97. The molecular weight excluding hydrogens is 240 g/mol. The van der Waals surface area contributed by atoms with Crippen LogP contribution >= 0.6 is 0 Å². The Kier molecular flexibility index (Phi) is 5.36. The molecule has 1 aliphatic rings. The van der Waals surface area contributed by atoms with Crippen LogP contribution < -0.4 is 5.32 Å².